The molecule has 8 nitrogen and oxygen atoms in total. The van der Waals surface area contributed by atoms with Gasteiger partial charge in [0.1, 0.15) is 0 Å². The number of carbonyl (C=O) groups is 4. The molecule has 0 saturated carbocycles. The molecule has 0 bridgehead atoms. The average Bonchev–Trinajstić information content (AvgIpc) is 2.71. The third kappa shape index (κ3) is 8.22. The van der Waals surface area contributed by atoms with Crippen molar-refractivity contribution >= 4 is 35.0 Å². The molecule has 0 aliphatic rings. The Morgan fingerprint density at radius 1 is 0.656 bits per heavy atom. The summed E-state index contributed by atoms with van der Waals surface area (Å²) in [4.78, 5) is 48.7. The van der Waals surface area contributed by atoms with E-state index in [0.717, 1.165) is 0 Å². The topological polar surface area (TPSA) is 116 Å². The van der Waals surface area contributed by atoms with Crippen LogP contribution in [-0.2, 0) is 9.59 Å². The fraction of sp³-hybridized carbons (Fsp3) is 0.333. The maximum atomic E-state index is 12.2. The van der Waals surface area contributed by atoms with Crippen LogP contribution in [0.15, 0.2) is 48.5 Å². The minimum absolute atomic E-state index is 0.00421. The zero-order valence-electron chi connectivity index (χ0n) is 18.8. The second-order valence-corrected chi connectivity index (χ2v) is 8.01. The second-order valence-electron chi connectivity index (χ2n) is 8.01. The maximum Gasteiger partial charge on any atom is 0.251 e. The summed E-state index contributed by atoms with van der Waals surface area (Å²) in [5.41, 5.74) is 1.85. The monoisotopic (exact) mass is 438 g/mol. The van der Waals surface area contributed by atoms with Crippen molar-refractivity contribution in [2.45, 2.75) is 52.6 Å². The van der Waals surface area contributed by atoms with Gasteiger partial charge in [-0.05, 0) is 64.1 Å². The molecular formula is C24H30N4O4. The molecule has 0 spiro atoms. The van der Waals surface area contributed by atoms with Gasteiger partial charge in [-0.2, -0.15) is 0 Å². The predicted molar refractivity (Wildman–Crippen MR) is 125 cm³/mol. The van der Waals surface area contributed by atoms with Crippen LogP contribution in [0.25, 0.3) is 0 Å². The lowest BCUT2D eigenvalue weighted by atomic mass is 10.1. The lowest BCUT2D eigenvalue weighted by Gasteiger charge is -2.11. The highest BCUT2D eigenvalue weighted by atomic mass is 16.2. The van der Waals surface area contributed by atoms with Crippen LogP contribution in [0, 0.1) is 0 Å². The maximum absolute atomic E-state index is 12.2. The first kappa shape index (κ1) is 24.6. The smallest absolute Gasteiger partial charge is 0.251 e. The first-order chi connectivity index (χ1) is 15.1. The van der Waals surface area contributed by atoms with Crippen LogP contribution in [0.4, 0.5) is 11.4 Å². The van der Waals surface area contributed by atoms with Gasteiger partial charge in [-0.15, -0.1) is 0 Å². The third-order valence-corrected chi connectivity index (χ3v) is 4.24. The number of benzene rings is 2. The van der Waals surface area contributed by atoms with Gasteiger partial charge in [-0.3, -0.25) is 19.2 Å². The summed E-state index contributed by atoms with van der Waals surface area (Å²) in [6.07, 6.45) is -0.0520. The number of carbonyl (C=O) groups excluding carboxylic acids is 4. The molecule has 8 heteroatoms. The fourth-order valence-electron chi connectivity index (χ4n) is 2.84. The Kier molecular flexibility index (Phi) is 8.95. The number of amides is 4. The molecule has 2 aromatic rings. The molecule has 0 heterocycles. The summed E-state index contributed by atoms with van der Waals surface area (Å²) in [7, 11) is 0. The number of rotatable bonds is 9. The van der Waals surface area contributed by atoms with E-state index in [9.17, 15) is 19.2 Å². The minimum Gasteiger partial charge on any atom is -0.350 e. The standard InChI is InChI=1S/C24H30N4O4/c1-15(2)25-23(31)17-7-5-9-19(13-17)27-21(29)11-12-22(30)28-20-10-6-8-18(14-20)24(32)26-16(3)4/h5-10,13-16H,11-12H2,1-4H3,(H,25,31)(H,26,32)(H,27,29)(H,28,30). The van der Waals surface area contributed by atoms with E-state index < -0.39 is 0 Å². The molecule has 0 aliphatic carbocycles. The predicted octanol–water partition coefficient (Wildman–Crippen LogP) is 3.32. The van der Waals surface area contributed by atoms with E-state index in [1.807, 2.05) is 27.7 Å². The summed E-state index contributed by atoms with van der Waals surface area (Å²) >= 11 is 0. The third-order valence-electron chi connectivity index (χ3n) is 4.24. The normalized spacial score (nSPS) is 10.6. The van der Waals surface area contributed by atoms with E-state index in [2.05, 4.69) is 21.3 Å². The van der Waals surface area contributed by atoms with Crippen LogP contribution < -0.4 is 21.3 Å². The van der Waals surface area contributed by atoms with Gasteiger partial charge in [0.2, 0.25) is 11.8 Å². The molecule has 4 amide bonds. The Bertz CT molecular complexity index is 906. The number of hydrogen-bond donors (Lipinski definition) is 4. The van der Waals surface area contributed by atoms with Crippen molar-refractivity contribution in [1.82, 2.24) is 10.6 Å². The lowest BCUT2D eigenvalue weighted by Crippen LogP contribution is -2.30. The van der Waals surface area contributed by atoms with E-state index >= 15 is 0 Å². The van der Waals surface area contributed by atoms with Gasteiger partial charge >= 0.3 is 0 Å². The van der Waals surface area contributed by atoms with Crippen molar-refractivity contribution in [2.75, 3.05) is 10.6 Å². The summed E-state index contributed by atoms with van der Waals surface area (Å²) < 4.78 is 0. The molecular weight excluding hydrogens is 408 g/mol. The van der Waals surface area contributed by atoms with E-state index in [0.29, 0.717) is 22.5 Å². The van der Waals surface area contributed by atoms with Gasteiger partial charge in [0.15, 0.2) is 0 Å². The van der Waals surface area contributed by atoms with Gasteiger partial charge in [0, 0.05) is 47.4 Å². The summed E-state index contributed by atoms with van der Waals surface area (Å²) in [6, 6.07) is 13.2. The van der Waals surface area contributed by atoms with E-state index in [4.69, 9.17) is 0 Å². The molecule has 0 fully saturated rings. The summed E-state index contributed by atoms with van der Waals surface area (Å²) in [5.74, 6) is -1.13. The zero-order valence-corrected chi connectivity index (χ0v) is 18.8. The Morgan fingerprint density at radius 2 is 1.03 bits per heavy atom. The summed E-state index contributed by atoms with van der Waals surface area (Å²) in [5, 5.41) is 11.0. The Labute approximate surface area is 188 Å². The van der Waals surface area contributed by atoms with Crippen molar-refractivity contribution < 1.29 is 19.2 Å². The molecule has 0 aromatic heterocycles. The lowest BCUT2D eigenvalue weighted by molar-refractivity contribution is -0.121. The van der Waals surface area contributed by atoms with Crippen molar-refractivity contribution in [3.8, 4) is 0 Å². The van der Waals surface area contributed by atoms with Crippen LogP contribution in [0.1, 0.15) is 61.3 Å². The zero-order chi connectivity index (χ0) is 23.7. The number of nitrogens with one attached hydrogen (secondary N) is 4. The van der Waals surface area contributed by atoms with Crippen LogP contribution in [-0.4, -0.2) is 35.7 Å². The molecule has 0 atom stereocenters. The van der Waals surface area contributed by atoms with Crippen LogP contribution in [0.2, 0.25) is 0 Å². The molecule has 2 aromatic carbocycles. The fourth-order valence-corrected chi connectivity index (χ4v) is 2.84. The Hall–Kier alpha value is -3.68. The van der Waals surface area contributed by atoms with E-state index in [-0.39, 0.29) is 48.6 Å². The van der Waals surface area contributed by atoms with Gasteiger partial charge < -0.3 is 21.3 Å². The van der Waals surface area contributed by atoms with E-state index in [1.54, 1.807) is 48.5 Å². The highest BCUT2D eigenvalue weighted by Gasteiger charge is 2.12. The number of hydrogen-bond acceptors (Lipinski definition) is 4. The number of anilines is 2. The van der Waals surface area contributed by atoms with Gasteiger partial charge in [0.25, 0.3) is 11.8 Å². The molecule has 0 radical (unpaired) electrons. The molecule has 0 saturated heterocycles. The second kappa shape index (κ2) is 11.6. The van der Waals surface area contributed by atoms with Crippen LogP contribution in [0.5, 0.6) is 0 Å². The molecule has 4 N–H and O–H groups in total. The van der Waals surface area contributed by atoms with Crippen LogP contribution in [0.3, 0.4) is 0 Å². The van der Waals surface area contributed by atoms with E-state index in [1.165, 1.54) is 0 Å². The highest BCUT2D eigenvalue weighted by molar-refractivity contribution is 6.00. The van der Waals surface area contributed by atoms with Crippen molar-refractivity contribution in [2.24, 2.45) is 0 Å². The van der Waals surface area contributed by atoms with Crippen molar-refractivity contribution in [1.29, 1.82) is 0 Å². The molecule has 0 aliphatic heterocycles. The largest absolute Gasteiger partial charge is 0.350 e. The molecule has 170 valence electrons. The minimum atomic E-state index is -0.341. The quantitative estimate of drug-likeness (QED) is 0.480. The summed E-state index contributed by atoms with van der Waals surface area (Å²) in [6.45, 7) is 7.47. The average molecular weight is 439 g/mol. The Balaban J connectivity index is 1.87. The van der Waals surface area contributed by atoms with Gasteiger partial charge in [-0.25, -0.2) is 0 Å². The van der Waals surface area contributed by atoms with Crippen molar-refractivity contribution in [3.05, 3.63) is 59.7 Å². The SMILES string of the molecule is CC(C)NC(=O)c1cccc(NC(=O)CCC(=O)Nc2cccc(C(=O)NC(C)C)c2)c1. The van der Waals surface area contributed by atoms with Crippen molar-refractivity contribution in [3.63, 3.8) is 0 Å². The van der Waals surface area contributed by atoms with Gasteiger partial charge in [0.05, 0.1) is 0 Å². The molecule has 0 unspecified atom stereocenters. The first-order valence-corrected chi connectivity index (χ1v) is 10.6. The highest BCUT2D eigenvalue weighted by Crippen LogP contribution is 2.13. The Morgan fingerprint density at radius 3 is 1.38 bits per heavy atom. The molecule has 32 heavy (non-hydrogen) atoms. The first-order valence-electron chi connectivity index (χ1n) is 10.6. The van der Waals surface area contributed by atoms with Gasteiger partial charge in [-0.1, -0.05) is 12.1 Å². The van der Waals surface area contributed by atoms with Crippen LogP contribution >= 0.6 is 0 Å². The molecule has 2 rings (SSSR count).